The van der Waals surface area contributed by atoms with E-state index in [9.17, 15) is 4.39 Å². The molecule has 1 aromatic rings. The van der Waals surface area contributed by atoms with Crippen LogP contribution in [0.15, 0.2) is 23.2 Å². The molecule has 0 saturated carbocycles. The minimum atomic E-state index is -0.174. The molecule has 1 heterocycles. The maximum atomic E-state index is 13.8. The summed E-state index contributed by atoms with van der Waals surface area (Å²) < 4.78 is 19.3. The Kier molecular flexibility index (Phi) is 9.97. The van der Waals surface area contributed by atoms with Gasteiger partial charge in [0.05, 0.1) is 25.8 Å². The number of aryl methyl sites for hydroxylation is 1. The van der Waals surface area contributed by atoms with Gasteiger partial charge in [-0.05, 0) is 51.8 Å². The van der Waals surface area contributed by atoms with E-state index in [0.717, 1.165) is 44.4 Å². The van der Waals surface area contributed by atoms with Gasteiger partial charge >= 0.3 is 0 Å². The second-order valence-corrected chi connectivity index (χ2v) is 7.48. The van der Waals surface area contributed by atoms with Crippen LogP contribution in [0.4, 0.5) is 4.39 Å². The molecule has 2 N–H and O–H groups in total. The van der Waals surface area contributed by atoms with Crippen molar-refractivity contribution in [2.24, 2.45) is 4.99 Å². The van der Waals surface area contributed by atoms with Crippen LogP contribution in [0.2, 0.25) is 0 Å². The Hall–Kier alpha value is -0.930. The minimum Gasteiger partial charge on any atom is -0.379 e. The van der Waals surface area contributed by atoms with Crippen LogP contribution in [0.25, 0.3) is 0 Å². The Labute approximate surface area is 180 Å². The topological polar surface area (TPSA) is 48.9 Å². The maximum Gasteiger partial charge on any atom is 0.191 e. The highest BCUT2D eigenvalue weighted by molar-refractivity contribution is 14.0. The van der Waals surface area contributed by atoms with Crippen molar-refractivity contribution in [2.75, 3.05) is 39.4 Å². The van der Waals surface area contributed by atoms with Gasteiger partial charge in [-0.3, -0.25) is 9.89 Å². The molecule has 0 radical (unpaired) electrons. The first-order chi connectivity index (χ1) is 12.3. The van der Waals surface area contributed by atoms with E-state index in [2.05, 4.69) is 29.4 Å². The Morgan fingerprint density at radius 3 is 2.59 bits per heavy atom. The quantitative estimate of drug-likeness (QED) is 0.363. The summed E-state index contributed by atoms with van der Waals surface area (Å²) in [7, 11) is 0. The van der Waals surface area contributed by atoms with Gasteiger partial charge in [-0.1, -0.05) is 12.1 Å². The van der Waals surface area contributed by atoms with Gasteiger partial charge in [0.1, 0.15) is 5.82 Å². The van der Waals surface area contributed by atoms with Crippen molar-refractivity contribution < 1.29 is 9.13 Å². The molecular formula is C20H34FIN4O. The van der Waals surface area contributed by atoms with Crippen molar-refractivity contribution in [2.45, 2.75) is 46.2 Å². The Morgan fingerprint density at radius 1 is 1.33 bits per heavy atom. The average molecular weight is 492 g/mol. The highest BCUT2D eigenvalue weighted by Crippen LogP contribution is 2.18. The predicted molar refractivity (Wildman–Crippen MR) is 121 cm³/mol. The second-order valence-electron chi connectivity index (χ2n) is 7.48. The fraction of sp³-hybridized carbons (Fsp3) is 0.650. The van der Waals surface area contributed by atoms with Crippen LogP contribution in [-0.4, -0.2) is 55.8 Å². The molecule has 0 bridgehead atoms. The predicted octanol–water partition coefficient (Wildman–Crippen LogP) is 3.48. The molecule has 1 saturated heterocycles. The zero-order valence-corrected chi connectivity index (χ0v) is 19.5. The van der Waals surface area contributed by atoms with E-state index in [1.54, 1.807) is 13.0 Å². The molecule has 0 spiro atoms. The third-order valence-electron chi connectivity index (χ3n) is 4.88. The van der Waals surface area contributed by atoms with E-state index in [0.29, 0.717) is 12.1 Å². The molecule has 0 amide bonds. The molecule has 27 heavy (non-hydrogen) atoms. The molecule has 0 aromatic heterocycles. The smallest absolute Gasteiger partial charge is 0.191 e. The van der Waals surface area contributed by atoms with E-state index in [1.807, 2.05) is 26.0 Å². The third-order valence-corrected chi connectivity index (χ3v) is 4.88. The fourth-order valence-electron chi connectivity index (χ4n) is 3.03. The largest absolute Gasteiger partial charge is 0.379 e. The number of halogens is 2. The van der Waals surface area contributed by atoms with Gasteiger partial charge in [0, 0.05) is 25.2 Å². The number of morpholine rings is 1. The molecule has 1 aliphatic rings. The molecular weight excluding hydrogens is 458 g/mol. The fourth-order valence-corrected chi connectivity index (χ4v) is 3.03. The van der Waals surface area contributed by atoms with Crippen LogP contribution in [0.1, 0.15) is 44.9 Å². The maximum absolute atomic E-state index is 13.8. The molecule has 1 atom stereocenters. The van der Waals surface area contributed by atoms with Gasteiger partial charge in [0.2, 0.25) is 0 Å². The van der Waals surface area contributed by atoms with Gasteiger partial charge in [0.15, 0.2) is 5.96 Å². The molecule has 2 rings (SSSR count). The summed E-state index contributed by atoms with van der Waals surface area (Å²) in [6.07, 6.45) is 0. The Balaban J connectivity index is 0.00000364. The number of aliphatic imine (C=N–C) groups is 1. The molecule has 0 aliphatic carbocycles. The van der Waals surface area contributed by atoms with Crippen LogP contribution in [0.3, 0.4) is 0 Å². The lowest BCUT2D eigenvalue weighted by Crippen LogP contribution is -2.52. The highest BCUT2D eigenvalue weighted by Gasteiger charge is 2.28. The average Bonchev–Trinajstić information content (AvgIpc) is 2.63. The third kappa shape index (κ3) is 7.19. The van der Waals surface area contributed by atoms with E-state index in [-0.39, 0.29) is 41.4 Å². The molecule has 1 aliphatic heterocycles. The Bertz CT molecular complexity index is 618. The number of hydrogen-bond donors (Lipinski definition) is 2. The van der Waals surface area contributed by atoms with E-state index < -0.39 is 0 Å². The summed E-state index contributed by atoms with van der Waals surface area (Å²) in [4.78, 5) is 7.20. The monoisotopic (exact) mass is 492 g/mol. The lowest BCUT2D eigenvalue weighted by Gasteiger charge is -2.40. The number of ether oxygens (including phenoxy) is 1. The van der Waals surface area contributed by atoms with E-state index in [4.69, 9.17) is 9.73 Å². The van der Waals surface area contributed by atoms with E-state index in [1.165, 1.54) is 0 Å². The molecule has 5 nitrogen and oxygen atoms in total. The van der Waals surface area contributed by atoms with Crippen molar-refractivity contribution in [1.29, 1.82) is 0 Å². The van der Waals surface area contributed by atoms with Crippen LogP contribution in [-0.2, 0) is 4.74 Å². The summed E-state index contributed by atoms with van der Waals surface area (Å²) in [6, 6.07) is 5.33. The first-order valence-corrected chi connectivity index (χ1v) is 9.47. The van der Waals surface area contributed by atoms with Crippen LogP contribution >= 0.6 is 24.0 Å². The van der Waals surface area contributed by atoms with Crippen molar-refractivity contribution >= 4 is 29.9 Å². The standard InChI is InChI=1S/C20H33FN4O.HI/c1-6-22-19(23-14-20(4,5)25-9-11-26-12-10-25)24-16(3)17-8-7-15(2)18(21)13-17;/h7-8,13,16H,6,9-12,14H2,1-5H3,(H2,22,23,24);1H. The van der Waals surface area contributed by atoms with Gasteiger partial charge in [0.25, 0.3) is 0 Å². The first kappa shape index (κ1) is 24.1. The minimum absolute atomic E-state index is 0. The zero-order valence-electron chi connectivity index (χ0n) is 17.1. The Morgan fingerprint density at radius 2 is 2.00 bits per heavy atom. The van der Waals surface area contributed by atoms with Crippen LogP contribution in [0.5, 0.6) is 0 Å². The normalized spacial score (nSPS) is 17.2. The van der Waals surface area contributed by atoms with Gasteiger partial charge in [-0.15, -0.1) is 24.0 Å². The molecule has 7 heteroatoms. The summed E-state index contributed by atoms with van der Waals surface area (Å²) in [5.41, 5.74) is 1.53. The van der Waals surface area contributed by atoms with Gasteiger partial charge in [-0.25, -0.2) is 4.39 Å². The van der Waals surface area contributed by atoms with Crippen molar-refractivity contribution in [1.82, 2.24) is 15.5 Å². The van der Waals surface area contributed by atoms with Crippen molar-refractivity contribution in [3.05, 3.63) is 35.1 Å². The lowest BCUT2D eigenvalue weighted by molar-refractivity contribution is -0.00684. The number of rotatable bonds is 6. The van der Waals surface area contributed by atoms with Gasteiger partial charge in [-0.2, -0.15) is 0 Å². The molecule has 1 unspecified atom stereocenters. The summed E-state index contributed by atoms with van der Waals surface area (Å²) >= 11 is 0. The summed E-state index contributed by atoms with van der Waals surface area (Å²) in [5, 5.41) is 6.67. The van der Waals surface area contributed by atoms with Crippen molar-refractivity contribution in [3.63, 3.8) is 0 Å². The van der Waals surface area contributed by atoms with Crippen LogP contribution in [0, 0.1) is 12.7 Å². The SMILES string of the molecule is CCNC(=NCC(C)(C)N1CCOCC1)NC(C)c1ccc(C)c(F)c1.I. The number of guanidine groups is 1. The second kappa shape index (κ2) is 11.2. The summed E-state index contributed by atoms with van der Waals surface area (Å²) in [6.45, 7) is 15.1. The number of benzene rings is 1. The number of hydrogen-bond acceptors (Lipinski definition) is 3. The first-order valence-electron chi connectivity index (χ1n) is 9.47. The van der Waals surface area contributed by atoms with Gasteiger partial charge < -0.3 is 15.4 Å². The molecule has 1 aromatic carbocycles. The van der Waals surface area contributed by atoms with E-state index >= 15 is 0 Å². The number of nitrogens with zero attached hydrogens (tertiary/aromatic N) is 2. The zero-order chi connectivity index (χ0) is 19.2. The van der Waals surface area contributed by atoms with Crippen molar-refractivity contribution in [3.8, 4) is 0 Å². The number of nitrogens with one attached hydrogen (secondary N) is 2. The lowest BCUT2D eigenvalue weighted by atomic mass is 10.0. The molecule has 1 fully saturated rings. The summed E-state index contributed by atoms with van der Waals surface area (Å²) in [5.74, 6) is 0.578. The van der Waals surface area contributed by atoms with Crippen LogP contribution < -0.4 is 10.6 Å². The molecule has 154 valence electrons. The highest BCUT2D eigenvalue weighted by atomic mass is 127.